The van der Waals surface area contributed by atoms with Crippen LogP contribution in [0.4, 0.5) is 5.82 Å². The number of anilines is 1. The molecule has 1 N–H and O–H groups in total. The van der Waals surface area contributed by atoms with E-state index in [1.54, 1.807) is 37.3 Å². The van der Waals surface area contributed by atoms with Crippen molar-refractivity contribution in [2.24, 2.45) is 0 Å². The number of nitrogens with zero attached hydrogens (tertiary/aromatic N) is 2. The molecule has 2 rings (SSSR count). The van der Waals surface area contributed by atoms with Crippen molar-refractivity contribution in [3.05, 3.63) is 41.7 Å². The summed E-state index contributed by atoms with van der Waals surface area (Å²) >= 11 is 0. The Labute approximate surface area is 153 Å². The Bertz CT molecular complexity index is 725. The zero-order valence-corrected chi connectivity index (χ0v) is 15.4. The molecular formula is C19H25N3O4. The van der Waals surface area contributed by atoms with E-state index >= 15 is 0 Å². The summed E-state index contributed by atoms with van der Waals surface area (Å²) in [5, 5.41) is 6.32. The number of hydrogen-bond donors (Lipinski definition) is 1. The molecule has 0 saturated carbocycles. The number of aryl methyl sites for hydroxylation is 1. The van der Waals surface area contributed by atoms with Crippen molar-refractivity contribution in [2.75, 3.05) is 25.0 Å². The molecular weight excluding hydrogens is 334 g/mol. The van der Waals surface area contributed by atoms with Crippen LogP contribution in [0.1, 0.15) is 42.8 Å². The molecule has 0 radical (unpaired) electrons. The highest BCUT2D eigenvalue weighted by molar-refractivity contribution is 5.99. The van der Waals surface area contributed by atoms with Crippen molar-refractivity contribution in [1.82, 2.24) is 10.1 Å². The predicted molar refractivity (Wildman–Crippen MR) is 98.3 cm³/mol. The van der Waals surface area contributed by atoms with Crippen LogP contribution >= 0.6 is 0 Å². The summed E-state index contributed by atoms with van der Waals surface area (Å²) in [7, 11) is 0. The van der Waals surface area contributed by atoms with Crippen LogP contribution in [-0.4, -0.2) is 41.6 Å². The molecule has 0 saturated heterocycles. The zero-order valence-electron chi connectivity index (χ0n) is 15.4. The smallest absolute Gasteiger partial charge is 0.254 e. The second kappa shape index (κ2) is 9.60. The first-order valence-corrected chi connectivity index (χ1v) is 8.78. The number of hydrogen-bond acceptors (Lipinski definition) is 5. The van der Waals surface area contributed by atoms with E-state index in [1.807, 2.05) is 6.92 Å². The van der Waals surface area contributed by atoms with Gasteiger partial charge < -0.3 is 19.5 Å². The number of nitrogens with one attached hydrogen (secondary N) is 1. The summed E-state index contributed by atoms with van der Waals surface area (Å²) in [6.07, 6.45) is 2.06. The average molecular weight is 359 g/mol. The molecule has 1 aromatic heterocycles. The van der Waals surface area contributed by atoms with Crippen LogP contribution in [0.5, 0.6) is 5.75 Å². The minimum absolute atomic E-state index is 0.0595. The first-order chi connectivity index (χ1) is 12.5. The van der Waals surface area contributed by atoms with Crippen molar-refractivity contribution < 1.29 is 18.8 Å². The third-order valence-electron chi connectivity index (χ3n) is 3.77. The number of carbonyl (C=O) groups is 2. The maximum absolute atomic E-state index is 12.6. The molecule has 2 aromatic rings. The predicted octanol–water partition coefficient (Wildman–Crippen LogP) is 3.26. The first kappa shape index (κ1) is 19.5. The van der Waals surface area contributed by atoms with Gasteiger partial charge in [0.25, 0.3) is 5.91 Å². The van der Waals surface area contributed by atoms with E-state index in [9.17, 15) is 9.59 Å². The van der Waals surface area contributed by atoms with Gasteiger partial charge in [0.15, 0.2) is 5.82 Å². The lowest BCUT2D eigenvalue weighted by atomic mass is 10.2. The Morgan fingerprint density at radius 2 is 1.96 bits per heavy atom. The van der Waals surface area contributed by atoms with E-state index in [-0.39, 0.29) is 18.4 Å². The van der Waals surface area contributed by atoms with Gasteiger partial charge in [0.1, 0.15) is 18.1 Å². The van der Waals surface area contributed by atoms with Gasteiger partial charge in [0, 0.05) is 18.2 Å². The summed E-state index contributed by atoms with van der Waals surface area (Å²) < 4.78 is 10.5. The van der Waals surface area contributed by atoms with Crippen LogP contribution in [0.25, 0.3) is 0 Å². The largest absolute Gasteiger partial charge is 0.494 e. The van der Waals surface area contributed by atoms with E-state index in [1.165, 1.54) is 4.90 Å². The zero-order chi connectivity index (χ0) is 18.9. The first-order valence-electron chi connectivity index (χ1n) is 8.78. The second-order valence-electron chi connectivity index (χ2n) is 5.92. The molecule has 0 bridgehead atoms. The van der Waals surface area contributed by atoms with Crippen molar-refractivity contribution >= 4 is 17.6 Å². The van der Waals surface area contributed by atoms with Gasteiger partial charge in [-0.2, -0.15) is 0 Å². The normalized spacial score (nSPS) is 10.4. The van der Waals surface area contributed by atoms with Crippen LogP contribution in [0.3, 0.4) is 0 Å². The number of rotatable bonds is 9. The molecule has 0 spiro atoms. The van der Waals surface area contributed by atoms with Crippen molar-refractivity contribution in [1.29, 1.82) is 0 Å². The maximum Gasteiger partial charge on any atom is 0.254 e. The highest BCUT2D eigenvalue weighted by Gasteiger charge is 2.18. The number of unbranched alkanes of at least 4 members (excludes halogenated alkanes) is 1. The standard InChI is InChI=1S/C19H25N3O4/c1-4-6-11-25-16-9-7-15(8-10-16)19(24)22(5-2)13-18(23)20-17-12-14(3)26-21-17/h7-10,12H,4-6,11,13H2,1-3H3,(H,20,21,23). The highest BCUT2D eigenvalue weighted by atomic mass is 16.5. The minimum atomic E-state index is -0.326. The Hall–Kier alpha value is -2.83. The van der Waals surface area contributed by atoms with Crippen LogP contribution in [0.2, 0.25) is 0 Å². The van der Waals surface area contributed by atoms with Gasteiger partial charge in [-0.1, -0.05) is 18.5 Å². The molecule has 1 heterocycles. The quantitative estimate of drug-likeness (QED) is 0.695. The molecule has 0 unspecified atom stereocenters. The summed E-state index contributed by atoms with van der Waals surface area (Å²) in [6.45, 7) is 6.68. The summed E-state index contributed by atoms with van der Waals surface area (Å²) in [6, 6.07) is 8.59. The van der Waals surface area contributed by atoms with Gasteiger partial charge >= 0.3 is 0 Å². The van der Waals surface area contributed by atoms with Crippen LogP contribution in [0.15, 0.2) is 34.9 Å². The lowest BCUT2D eigenvalue weighted by Gasteiger charge is -2.20. The van der Waals surface area contributed by atoms with Crippen molar-refractivity contribution in [3.8, 4) is 5.75 Å². The molecule has 0 aliphatic carbocycles. The van der Waals surface area contributed by atoms with Gasteiger partial charge in [-0.05, 0) is 44.5 Å². The minimum Gasteiger partial charge on any atom is -0.494 e. The fourth-order valence-electron chi connectivity index (χ4n) is 2.32. The van der Waals surface area contributed by atoms with Crippen molar-refractivity contribution in [2.45, 2.75) is 33.6 Å². The number of likely N-dealkylation sites (N-methyl/N-ethyl adjacent to an activating group) is 1. The fourth-order valence-corrected chi connectivity index (χ4v) is 2.32. The van der Waals surface area contributed by atoms with E-state index in [2.05, 4.69) is 17.4 Å². The van der Waals surface area contributed by atoms with Gasteiger partial charge in [-0.25, -0.2) is 0 Å². The monoisotopic (exact) mass is 359 g/mol. The van der Waals surface area contributed by atoms with E-state index in [0.29, 0.717) is 30.3 Å². The van der Waals surface area contributed by atoms with Gasteiger partial charge in [0.05, 0.1) is 6.61 Å². The number of carbonyl (C=O) groups excluding carboxylic acids is 2. The molecule has 26 heavy (non-hydrogen) atoms. The lowest BCUT2D eigenvalue weighted by Crippen LogP contribution is -2.37. The molecule has 0 atom stereocenters. The number of ether oxygens (including phenoxy) is 1. The maximum atomic E-state index is 12.6. The van der Waals surface area contributed by atoms with Gasteiger partial charge in [-0.3, -0.25) is 9.59 Å². The summed E-state index contributed by atoms with van der Waals surface area (Å²) in [5.74, 6) is 1.14. The van der Waals surface area contributed by atoms with Gasteiger partial charge in [-0.15, -0.1) is 0 Å². The molecule has 0 aliphatic heterocycles. The van der Waals surface area contributed by atoms with Crippen LogP contribution in [0, 0.1) is 6.92 Å². The molecule has 7 heteroatoms. The van der Waals surface area contributed by atoms with Crippen LogP contribution < -0.4 is 10.1 Å². The Morgan fingerprint density at radius 3 is 2.54 bits per heavy atom. The Balaban J connectivity index is 1.93. The molecule has 0 fully saturated rings. The molecule has 1 aromatic carbocycles. The lowest BCUT2D eigenvalue weighted by molar-refractivity contribution is -0.116. The second-order valence-corrected chi connectivity index (χ2v) is 5.92. The molecule has 7 nitrogen and oxygen atoms in total. The topological polar surface area (TPSA) is 84.7 Å². The van der Waals surface area contributed by atoms with Crippen molar-refractivity contribution in [3.63, 3.8) is 0 Å². The van der Waals surface area contributed by atoms with E-state index < -0.39 is 0 Å². The van der Waals surface area contributed by atoms with E-state index in [4.69, 9.17) is 9.26 Å². The third-order valence-corrected chi connectivity index (χ3v) is 3.77. The SMILES string of the molecule is CCCCOc1ccc(C(=O)N(CC)CC(=O)Nc2cc(C)on2)cc1. The van der Waals surface area contributed by atoms with Crippen LogP contribution in [-0.2, 0) is 4.79 Å². The third kappa shape index (κ3) is 5.61. The molecule has 2 amide bonds. The Kier molecular flexibility index (Phi) is 7.20. The molecule has 140 valence electrons. The summed E-state index contributed by atoms with van der Waals surface area (Å²) in [5.41, 5.74) is 0.514. The summed E-state index contributed by atoms with van der Waals surface area (Å²) in [4.78, 5) is 26.2. The molecule has 0 aliphatic rings. The number of aromatic nitrogens is 1. The fraction of sp³-hybridized carbons (Fsp3) is 0.421. The highest BCUT2D eigenvalue weighted by Crippen LogP contribution is 2.14. The van der Waals surface area contributed by atoms with Gasteiger partial charge in [0.2, 0.25) is 5.91 Å². The number of benzene rings is 1. The average Bonchev–Trinajstić information content (AvgIpc) is 3.04. The van der Waals surface area contributed by atoms with E-state index in [0.717, 1.165) is 18.6 Å². The Morgan fingerprint density at radius 1 is 1.23 bits per heavy atom. The number of amides is 2.